The van der Waals surface area contributed by atoms with E-state index in [2.05, 4.69) is 4.90 Å². The number of carbonyl (C=O) groups is 1. The van der Waals surface area contributed by atoms with Gasteiger partial charge in [-0.2, -0.15) is 0 Å². The van der Waals surface area contributed by atoms with Gasteiger partial charge in [0.25, 0.3) is 0 Å². The Kier molecular flexibility index (Phi) is 4.97. The number of para-hydroxylation sites is 1. The van der Waals surface area contributed by atoms with E-state index in [9.17, 15) is 14.3 Å². The average Bonchev–Trinajstić information content (AvgIpc) is 3.57. The fourth-order valence-corrected chi connectivity index (χ4v) is 4.83. The molecule has 5 nitrogen and oxygen atoms in total. The minimum atomic E-state index is -0.676. The predicted molar refractivity (Wildman–Crippen MR) is 115 cm³/mol. The van der Waals surface area contributed by atoms with Crippen LogP contribution < -0.4 is 9.47 Å². The van der Waals surface area contributed by atoms with Crippen molar-refractivity contribution in [3.8, 4) is 11.5 Å². The monoisotopic (exact) mass is 423 g/mol. The number of carboxylic acid groups (broad SMARTS) is 1. The molecule has 6 heteroatoms. The van der Waals surface area contributed by atoms with Crippen LogP contribution in [-0.4, -0.2) is 42.7 Å². The molecule has 2 aromatic rings. The Bertz CT molecular complexity index is 1060. The second kappa shape index (κ2) is 7.68. The number of hydrogen-bond donors (Lipinski definition) is 1. The van der Waals surface area contributed by atoms with E-state index in [4.69, 9.17) is 9.47 Å². The van der Waals surface area contributed by atoms with E-state index in [0.29, 0.717) is 13.2 Å². The molecular weight excluding hydrogens is 397 g/mol. The molecule has 0 amide bonds. The smallest absolute Gasteiger partial charge is 0.310 e. The van der Waals surface area contributed by atoms with Crippen LogP contribution >= 0.6 is 0 Å². The van der Waals surface area contributed by atoms with Crippen molar-refractivity contribution in [2.24, 2.45) is 5.41 Å². The predicted octanol–water partition coefficient (Wildman–Crippen LogP) is 4.49. The highest BCUT2D eigenvalue weighted by molar-refractivity contribution is 5.87. The molecule has 0 spiro atoms. The highest BCUT2D eigenvalue weighted by Crippen LogP contribution is 2.47. The summed E-state index contributed by atoms with van der Waals surface area (Å²) >= 11 is 0. The minimum absolute atomic E-state index is 0.218. The number of piperidine rings is 1. The third kappa shape index (κ3) is 3.59. The quantitative estimate of drug-likeness (QED) is 0.785. The van der Waals surface area contributed by atoms with Crippen molar-refractivity contribution in [1.29, 1.82) is 0 Å². The van der Waals surface area contributed by atoms with Gasteiger partial charge in [-0.1, -0.05) is 23.8 Å². The molecule has 1 saturated heterocycles. The molecule has 31 heavy (non-hydrogen) atoms. The molecule has 1 aliphatic carbocycles. The molecule has 2 aromatic carbocycles. The molecule has 0 unspecified atom stereocenters. The molecule has 0 radical (unpaired) electrons. The van der Waals surface area contributed by atoms with Crippen molar-refractivity contribution in [2.45, 2.75) is 32.3 Å². The Labute approximate surface area is 181 Å². The Hall–Kier alpha value is -2.86. The number of methoxy groups -OCH3 is 1. The van der Waals surface area contributed by atoms with Crippen molar-refractivity contribution < 1.29 is 23.8 Å². The van der Waals surface area contributed by atoms with E-state index in [1.807, 2.05) is 24.3 Å². The normalized spacial score (nSPS) is 19.7. The van der Waals surface area contributed by atoms with Crippen LogP contribution in [0.2, 0.25) is 0 Å². The molecule has 2 fully saturated rings. The Morgan fingerprint density at radius 3 is 2.61 bits per heavy atom. The lowest BCUT2D eigenvalue weighted by Crippen LogP contribution is -2.38. The number of hydrogen-bond acceptors (Lipinski definition) is 4. The summed E-state index contributed by atoms with van der Waals surface area (Å²) < 4.78 is 26.0. The first kappa shape index (κ1) is 20.1. The number of halogens is 1. The van der Waals surface area contributed by atoms with Gasteiger partial charge in [-0.05, 0) is 55.0 Å². The zero-order valence-electron chi connectivity index (χ0n) is 17.6. The highest BCUT2D eigenvalue weighted by Gasteiger charge is 2.51. The standard InChI is InChI=1S/C25H26FNO4/c1-30-22-12-17-14-31-21-5-3-2-4-18(21)23(19(17)13-20(22)26)16-6-10-27(11-7-16)15-25(8-9-25)24(28)29/h2-5,12-13H,6-11,14-15H2,1H3,(H,28,29). The summed E-state index contributed by atoms with van der Waals surface area (Å²) in [6.45, 7) is 2.59. The van der Waals surface area contributed by atoms with Crippen LogP contribution in [0.3, 0.4) is 0 Å². The van der Waals surface area contributed by atoms with Gasteiger partial charge >= 0.3 is 5.97 Å². The summed E-state index contributed by atoms with van der Waals surface area (Å²) in [5.41, 5.74) is 4.51. The molecular formula is C25H26FNO4. The number of fused-ring (bicyclic) bond motifs is 2. The van der Waals surface area contributed by atoms with E-state index in [0.717, 1.165) is 66.8 Å². The van der Waals surface area contributed by atoms with Gasteiger partial charge in [-0.25, -0.2) is 4.39 Å². The molecule has 2 heterocycles. The summed E-state index contributed by atoms with van der Waals surface area (Å²) in [5.74, 6) is -0.0418. The lowest BCUT2D eigenvalue weighted by atomic mass is 9.86. The van der Waals surface area contributed by atoms with Gasteiger partial charge in [0.15, 0.2) is 11.6 Å². The zero-order chi connectivity index (χ0) is 21.6. The number of ether oxygens (including phenoxy) is 2. The number of carboxylic acids is 1. The summed E-state index contributed by atoms with van der Waals surface area (Å²) in [6, 6.07) is 11.2. The van der Waals surface area contributed by atoms with E-state index >= 15 is 0 Å². The van der Waals surface area contributed by atoms with Crippen LogP contribution in [-0.2, 0) is 11.4 Å². The number of benzene rings is 2. The van der Waals surface area contributed by atoms with Gasteiger partial charge < -0.3 is 19.5 Å². The van der Waals surface area contributed by atoms with Crippen LogP contribution in [0.5, 0.6) is 11.5 Å². The van der Waals surface area contributed by atoms with Gasteiger partial charge in [0.2, 0.25) is 0 Å². The Morgan fingerprint density at radius 1 is 1.19 bits per heavy atom. The van der Waals surface area contributed by atoms with Crippen LogP contribution in [0.15, 0.2) is 42.0 Å². The number of aliphatic carboxylic acids is 1. The minimum Gasteiger partial charge on any atom is -0.494 e. The van der Waals surface area contributed by atoms with Gasteiger partial charge in [-0.15, -0.1) is 0 Å². The van der Waals surface area contributed by atoms with Crippen LogP contribution in [0, 0.1) is 11.2 Å². The number of rotatable bonds is 4. The molecule has 0 aromatic heterocycles. The average molecular weight is 423 g/mol. The van der Waals surface area contributed by atoms with Gasteiger partial charge in [0.05, 0.1) is 12.5 Å². The van der Waals surface area contributed by atoms with Gasteiger partial charge in [0, 0.05) is 30.8 Å². The first-order chi connectivity index (χ1) is 15.0. The molecule has 1 N–H and O–H groups in total. The van der Waals surface area contributed by atoms with Crippen LogP contribution in [0.25, 0.3) is 5.57 Å². The Morgan fingerprint density at radius 2 is 1.94 bits per heavy atom. The van der Waals surface area contributed by atoms with Crippen molar-refractivity contribution >= 4 is 11.5 Å². The SMILES string of the molecule is COc1cc2c(cc1F)C(=C1CCN(CC3(C(=O)O)CC3)CC1)c1ccccc1OC2. The summed E-state index contributed by atoms with van der Waals surface area (Å²) in [7, 11) is 1.47. The van der Waals surface area contributed by atoms with E-state index in [1.54, 1.807) is 12.1 Å². The summed E-state index contributed by atoms with van der Waals surface area (Å²) in [4.78, 5) is 13.8. The number of likely N-dealkylation sites (tertiary alicyclic amines) is 1. The maximum Gasteiger partial charge on any atom is 0.310 e. The third-order valence-corrected chi connectivity index (χ3v) is 6.83. The zero-order valence-corrected chi connectivity index (χ0v) is 17.6. The van der Waals surface area contributed by atoms with Crippen molar-refractivity contribution in [1.82, 2.24) is 4.90 Å². The first-order valence-electron chi connectivity index (χ1n) is 10.8. The largest absolute Gasteiger partial charge is 0.494 e. The van der Waals surface area contributed by atoms with Crippen LogP contribution in [0.4, 0.5) is 4.39 Å². The molecule has 0 bridgehead atoms. The molecule has 2 aliphatic heterocycles. The highest BCUT2D eigenvalue weighted by atomic mass is 19.1. The number of nitrogens with zero attached hydrogens (tertiary/aromatic N) is 1. The lowest BCUT2D eigenvalue weighted by Gasteiger charge is -2.32. The third-order valence-electron chi connectivity index (χ3n) is 6.83. The second-order valence-electron chi connectivity index (χ2n) is 8.77. The van der Waals surface area contributed by atoms with Crippen molar-refractivity contribution in [3.63, 3.8) is 0 Å². The lowest BCUT2D eigenvalue weighted by molar-refractivity contribution is -0.144. The Balaban J connectivity index is 1.52. The molecule has 5 rings (SSSR count). The van der Waals surface area contributed by atoms with E-state index < -0.39 is 11.4 Å². The molecule has 0 atom stereocenters. The maximum atomic E-state index is 14.7. The second-order valence-corrected chi connectivity index (χ2v) is 8.77. The maximum absolute atomic E-state index is 14.7. The molecule has 1 saturated carbocycles. The molecule has 3 aliphatic rings. The van der Waals surface area contributed by atoms with Crippen LogP contribution in [0.1, 0.15) is 42.4 Å². The van der Waals surface area contributed by atoms with Gasteiger partial charge in [-0.3, -0.25) is 4.79 Å². The van der Waals surface area contributed by atoms with Crippen molar-refractivity contribution in [3.05, 3.63) is 64.5 Å². The first-order valence-corrected chi connectivity index (χ1v) is 10.8. The van der Waals surface area contributed by atoms with E-state index in [1.165, 1.54) is 12.7 Å². The fourth-order valence-electron chi connectivity index (χ4n) is 4.83. The van der Waals surface area contributed by atoms with Crippen molar-refractivity contribution in [2.75, 3.05) is 26.7 Å². The fraction of sp³-hybridized carbons (Fsp3) is 0.400. The molecule has 162 valence electrons. The van der Waals surface area contributed by atoms with Gasteiger partial charge in [0.1, 0.15) is 12.4 Å². The summed E-state index contributed by atoms with van der Waals surface area (Å²) in [5, 5.41) is 9.51. The summed E-state index contributed by atoms with van der Waals surface area (Å²) in [6.07, 6.45) is 3.19. The van der Waals surface area contributed by atoms with E-state index in [-0.39, 0.29) is 11.6 Å². The topological polar surface area (TPSA) is 59.0 Å².